The molecule has 0 saturated carbocycles. The second kappa shape index (κ2) is 5.52. The molecule has 0 aliphatic heterocycles. The lowest BCUT2D eigenvalue weighted by Crippen LogP contribution is -2.25. The topological polar surface area (TPSA) is 104 Å². The van der Waals surface area contributed by atoms with Crippen LogP contribution in [0.15, 0.2) is 24.3 Å². The molecule has 0 aliphatic carbocycles. The van der Waals surface area contributed by atoms with E-state index in [0.717, 1.165) is 5.52 Å². The van der Waals surface area contributed by atoms with Crippen molar-refractivity contribution in [3.63, 3.8) is 0 Å². The molecule has 3 aromatic rings. The van der Waals surface area contributed by atoms with Crippen molar-refractivity contribution in [2.24, 2.45) is 0 Å². The Bertz CT molecular complexity index is 854. The molecule has 0 radical (unpaired) electrons. The van der Waals surface area contributed by atoms with Gasteiger partial charge >= 0.3 is 0 Å². The van der Waals surface area contributed by atoms with E-state index in [9.17, 15) is 10.2 Å². The number of hydrogen-bond acceptors (Lipinski definition) is 6. The molecule has 3 rings (SSSR count). The van der Waals surface area contributed by atoms with Crippen LogP contribution in [0.25, 0.3) is 22.2 Å². The third-order valence-electron chi connectivity index (χ3n) is 3.67. The number of benzene rings is 1. The van der Waals surface area contributed by atoms with E-state index in [4.69, 9.17) is 5.11 Å². The van der Waals surface area contributed by atoms with Crippen molar-refractivity contribution >= 4 is 22.2 Å². The first kappa shape index (κ1) is 15.8. The highest BCUT2D eigenvalue weighted by Crippen LogP contribution is 2.29. The summed E-state index contributed by atoms with van der Waals surface area (Å²) in [6.45, 7) is 5.34. The van der Waals surface area contributed by atoms with E-state index in [1.54, 1.807) is 4.68 Å². The van der Waals surface area contributed by atoms with Crippen LogP contribution in [-0.2, 0) is 5.54 Å². The lowest BCUT2D eigenvalue weighted by molar-refractivity contribution is -0.0171. The average molecular weight is 316 g/mol. The highest BCUT2D eigenvalue weighted by molar-refractivity contribution is 5.86. The molecule has 0 spiro atoms. The maximum Gasteiger partial charge on any atom is 0.178 e. The van der Waals surface area contributed by atoms with E-state index >= 15 is 0 Å². The monoisotopic (exact) mass is 316 g/mol. The van der Waals surface area contributed by atoms with Gasteiger partial charge in [-0.25, -0.2) is 14.6 Å². The van der Waals surface area contributed by atoms with Gasteiger partial charge in [-0.05, 0) is 32.9 Å². The van der Waals surface area contributed by atoms with E-state index in [0.29, 0.717) is 16.7 Å². The largest absolute Gasteiger partial charge is 0.394 e. The van der Waals surface area contributed by atoms with E-state index in [2.05, 4.69) is 15.1 Å². The van der Waals surface area contributed by atoms with Crippen LogP contribution >= 0.6 is 0 Å². The van der Waals surface area contributed by atoms with Crippen molar-refractivity contribution in [1.82, 2.24) is 19.7 Å². The van der Waals surface area contributed by atoms with Crippen LogP contribution in [0.1, 0.15) is 32.6 Å². The van der Waals surface area contributed by atoms with Gasteiger partial charge in [-0.2, -0.15) is 5.10 Å². The number of hydrogen-bond donors (Lipinski definition) is 3. The Kier molecular flexibility index (Phi) is 3.79. The highest BCUT2D eigenvalue weighted by atomic mass is 16.4. The number of aromatic nitrogens is 4. The molecule has 2 heterocycles. The number of aliphatic hydroxyl groups excluding tert-OH is 3. The molecular formula is C16H20N4O3. The Hall–Kier alpha value is -2.09. The Morgan fingerprint density at radius 2 is 1.70 bits per heavy atom. The fourth-order valence-electron chi connectivity index (χ4n) is 2.46. The first-order valence-electron chi connectivity index (χ1n) is 7.46. The summed E-state index contributed by atoms with van der Waals surface area (Å²) in [6, 6.07) is 7.43. The van der Waals surface area contributed by atoms with Crippen molar-refractivity contribution in [2.75, 3.05) is 6.61 Å². The maximum atomic E-state index is 10.3. The Labute approximate surface area is 133 Å². The summed E-state index contributed by atoms with van der Waals surface area (Å²) in [5, 5.41) is 33.6. The zero-order chi connectivity index (χ0) is 16.8. The molecule has 0 bridgehead atoms. The summed E-state index contributed by atoms with van der Waals surface area (Å²) in [5.74, 6) is 0. The molecule has 0 saturated heterocycles. The molecule has 2 aromatic heterocycles. The lowest BCUT2D eigenvalue weighted by atomic mass is 10.1. The van der Waals surface area contributed by atoms with Gasteiger partial charge in [0.2, 0.25) is 0 Å². The van der Waals surface area contributed by atoms with Crippen molar-refractivity contribution in [2.45, 2.75) is 38.5 Å². The summed E-state index contributed by atoms with van der Waals surface area (Å²) in [4.78, 5) is 9.17. The molecule has 3 N–H and O–H groups in total. The second-order valence-corrected chi connectivity index (χ2v) is 6.55. The van der Waals surface area contributed by atoms with Gasteiger partial charge in [0, 0.05) is 0 Å². The molecule has 1 aromatic carbocycles. The third-order valence-corrected chi connectivity index (χ3v) is 3.67. The van der Waals surface area contributed by atoms with E-state index in [1.807, 2.05) is 45.0 Å². The molecule has 0 unspecified atom stereocenters. The van der Waals surface area contributed by atoms with Crippen molar-refractivity contribution in [3.8, 4) is 0 Å². The molecule has 2 atom stereocenters. The smallest absolute Gasteiger partial charge is 0.178 e. The molecule has 23 heavy (non-hydrogen) atoms. The number of fused-ring (bicyclic) bond motifs is 2. The predicted molar refractivity (Wildman–Crippen MR) is 85.9 cm³/mol. The fourth-order valence-corrected chi connectivity index (χ4v) is 2.46. The quantitative estimate of drug-likeness (QED) is 0.669. The summed E-state index contributed by atoms with van der Waals surface area (Å²) < 4.78 is 1.68. The Morgan fingerprint density at radius 3 is 2.26 bits per heavy atom. The molecule has 122 valence electrons. The SMILES string of the molecule is CC(C)(C)n1nc([C@H](O)[C@H](O)CO)c2nc3ccccc3nc21. The minimum atomic E-state index is -1.33. The summed E-state index contributed by atoms with van der Waals surface area (Å²) in [7, 11) is 0. The number of nitrogens with zero attached hydrogens (tertiary/aromatic N) is 4. The standard InChI is InChI=1S/C16H20N4O3/c1-16(2,3)20-15-13(12(19-20)14(23)11(22)8-21)17-9-6-4-5-7-10(9)18-15/h4-7,11,14,21-23H,8H2,1-3H3/t11-,14-/m1/s1. The van der Waals surface area contributed by atoms with Crippen LogP contribution in [0.5, 0.6) is 0 Å². The van der Waals surface area contributed by atoms with Crippen molar-refractivity contribution in [1.29, 1.82) is 0 Å². The zero-order valence-corrected chi connectivity index (χ0v) is 13.3. The zero-order valence-electron chi connectivity index (χ0n) is 13.3. The molecule has 0 amide bonds. The van der Waals surface area contributed by atoms with Gasteiger partial charge in [0.25, 0.3) is 0 Å². The summed E-state index contributed by atoms with van der Waals surface area (Å²) in [6.07, 6.45) is -2.66. The molecule has 7 heteroatoms. The normalized spacial score (nSPS) is 15.2. The van der Waals surface area contributed by atoms with Gasteiger partial charge in [0.1, 0.15) is 23.4 Å². The van der Waals surface area contributed by atoms with Gasteiger partial charge < -0.3 is 15.3 Å². The number of para-hydroxylation sites is 2. The van der Waals surface area contributed by atoms with Gasteiger partial charge in [0.05, 0.1) is 23.2 Å². The van der Waals surface area contributed by atoms with Gasteiger partial charge in [-0.1, -0.05) is 12.1 Å². The Balaban J connectivity index is 2.34. The number of aliphatic hydroxyl groups is 3. The Morgan fingerprint density at radius 1 is 1.09 bits per heavy atom. The summed E-state index contributed by atoms with van der Waals surface area (Å²) >= 11 is 0. The van der Waals surface area contributed by atoms with Gasteiger partial charge in [0.15, 0.2) is 5.65 Å². The van der Waals surface area contributed by atoms with Crippen LogP contribution in [0.3, 0.4) is 0 Å². The molecule has 0 fully saturated rings. The lowest BCUT2D eigenvalue weighted by Gasteiger charge is -2.20. The minimum Gasteiger partial charge on any atom is -0.394 e. The van der Waals surface area contributed by atoms with Gasteiger partial charge in [-0.15, -0.1) is 0 Å². The third kappa shape index (κ3) is 2.67. The maximum absolute atomic E-state index is 10.3. The first-order valence-corrected chi connectivity index (χ1v) is 7.46. The first-order chi connectivity index (χ1) is 10.8. The van der Waals surface area contributed by atoms with E-state index < -0.39 is 18.8 Å². The second-order valence-electron chi connectivity index (χ2n) is 6.55. The minimum absolute atomic E-state index is 0.217. The van der Waals surface area contributed by atoms with Crippen LogP contribution in [-0.4, -0.2) is 47.8 Å². The fraction of sp³-hybridized carbons (Fsp3) is 0.438. The average Bonchev–Trinajstić information content (AvgIpc) is 2.89. The van der Waals surface area contributed by atoms with Crippen molar-refractivity contribution < 1.29 is 15.3 Å². The van der Waals surface area contributed by atoms with Crippen LogP contribution in [0.4, 0.5) is 0 Å². The molecule has 0 aliphatic rings. The summed E-state index contributed by atoms with van der Waals surface area (Å²) in [5.41, 5.74) is 2.22. The van der Waals surface area contributed by atoms with Crippen LogP contribution < -0.4 is 0 Å². The predicted octanol–water partition coefficient (Wildman–Crippen LogP) is 1.12. The highest BCUT2D eigenvalue weighted by Gasteiger charge is 2.29. The van der Waals surface area contributed by atoms with E-state index in [-0.39, 0.29) is 11.2 Å². The molecular weight excluding hydrogens is 296 g/mol. The molecule has 7 nitrogen and oxygen atoms in total. The van der Waals surface area contributed by atoms with Crippen molar-refractivity contribution in [3.05, 3.63) is 30.0 Å². The van der Waals surface area contributed by atoms with Gasteiger partial charge in [-0.3, -0.25) is 0 Å². The van der Waals surface area contributed by atoms with Crippen LogP contribution in [0, 0.1) is 0 Å². The van der Waals surface area contributed by atoms with E-state index in [1.165, 1.54) is 0 Å². The number of rotatable bonds is 3. The van der Waals surface area contributed by atoms with Crippen LogP contribution in [0.2, 0.25) is 0 Å².